The monoisotopic (exact) mass is 446 g/mol. The lowest BCUT2D eigenvalue weighted by Crippen LogP contribution is -2.33. The molecule has 0 radical (unpaired) electrons. The molecule has 0 fully saturated rings. The summed E-state index contributed by atoms with van der Waals surface area (Å²) in [5, 5.41) is -0.0343. The molecule has 0 aliphatic rings. The highest BCUT2D eigenvalue weighted by atomic mass is 35.5. The minimum absolute atomic E-state index is 0.144. The van der Waals surface area contributed by atoms with Crippen LogP contribution in [-0.2, 0) is 13.6 Å². The smallest absolute Gasteiger partial charge is 0.276 e. The fourth-order valence-corrected chi connectivity index (χ4v) is 3.48. The second kappa shape index (κ2) is 7.92. The molecule has 0 bridgehead atoms. The van der Waals surface area contributed by atoms with Crippen molar-refractivity contribution < 1.29 is 18.0 Å². The number of fused-ring (bicyclic) bond motifs is 1. The zero-order chi connectivity index (χ0) is 22.3. The van der Waals surface area contributed by atoms with E-state index in [0.717, 1.165) is 17.0 Å². The molecule has 1 N–H and O–H groups in total. The van der Waals surface area contributed by atoms with Crippen LogP contribution in [0, 0.1) is 17.5 Å². The summed E-state index contributed by atoms with van der Waals surface area (Å²) in [4.78, 5) is 32.6. The first-order valence-corrected chi connectivity index (χ1v) is 9.38. The van der Waals surface area contributed by atoms with E-state index < -0.39 is 28.9 Å². The molecule has 0 spiro atoms. The predicted molar refractivity (Wildman–Crippen MR) is 110 cm³/mol. The molecule has 0 saturated heterocycles. The molecule has 4 rings (SSSR count). The Kier molecular flexibility index (Phi) is 5.28. The van der Waals surface area contributed by atoms with Crippen LogP contribution in [-0.4, -0.2) is 20.4 Å². The van der Waals surface area contributed by atoms with Gasteiger partial charge in [0.2, 0.25) is 5.56 Å². The normalized spacial score (nSPS) is 11.1. The summed E-state index contributed by atoms with van der Waals surface area (Å²) in [6.45, 7) is -0.313. The quantitative estimate of drug-likeness (QED) is 0.511. The summed E-state index contributed by atoms with van der Waals surface area (Å²) in [5.74, 6) is -3.83. The van der Waals surface area contributed by atoms with E-state index in [9.17, 15) is 22.8 Å². The van der Waals surface area contributed by atoms with E-state index in [1.807, 2.05) is 0 Å². The van der Waals surface area contributed by atoms with Crippen molar-refractivity contribution in [2.24, 2.45) is 7.05 Å². The van der Waals surface area contributed by atoms with E-state index in [1.165, 1.54) is 41.4 Å². The zero-order valence-corrected chi connectivity index (χ0v) is 16.8. The molecule has 0 aliphatic carbocycles. The molecule has 10 heteroatoms. The van der Waals surface area contributed by atoms with E-state index in [-0.39, 0.29) is 39.4 Å². The van der Waals surface area contributed by atoms with E-state index in [0.29, 0.717) is 0 Å². The van der Waals surface area contributed by atoms with Gasteiger partial charge in [0.05, 0.1) is 35.3 Å². The minimum Gasteiger partial charge on any atom is -0.330 e. The van der Waals surface area contributed by atoms with Gasteiger partial charge in [-0.3, -0.25) is 14.5 Å². The molecule has 2 heterocycles. The maximum atomic E-state index is 14.8. The third-order valence-corrected chi connectivity index (χ3v) is 5.12. The fourth-order valence-electron chi connectivity index (χ4n) is 3.31. The number of carbonyl (C=O) groups is 1. The number of nitrogens with zero attached hydrogens (tertiary/aromatic N) is 3. The number of carbonyl (C=O) groups excluding carboxylic acids is 1. The van der Waals surface area contributed by atoms with Gasteiger partial charge in [-0.15, -0.1) is 0 Å². The second-order valence-electron chi connectivity index (χ2n) is 6.80. The molecule has 31 heavy (non-hydrogen) atoms. The van der Waals surface area contributed by atoms with Crippen molar-refractivity contribution in [3.63, 3.8) is 0 Å². The van der Waals surface area contributed by atoms with E-state index >= 15 is 0 Å². The van der Waals surface area contributed by atoms with Crippen LogP contribution in [0.5, 0.6) is 0 Å². The molecule has 6 nitrogen and oxygen atoms in total. The molecule has 0 atom stereocenters. The summed E-state index contributed by atoms with van der Waals surface area (Å²) in [6.07, 6.45) is 2.71. The first kappa shape index (κ1) is 20.7. The first-order chi connectivity index (χ1) is 14.8. The summed E-state index contributed by atoms with van der Waals surface area (Å²) in [6, 6.07) is 7.48. The number of imidazole rings is 1. The summed E-state index contributed by atoms with van der Waals surface area (Å²) in [7, 11) is 1.59. The van der Waals surface area contributed by atoms with Crippen LogP contribution in [0.1, 0.15) is 16.1 Å². The number of pyridine rings is 1. The average molecular weight is 447 g/mol. The number of anilines is 1. The summed E-state index contributed by atoms with van der Waals surface area (Å²) >= 11 is 5.90. The first-order valence-electron chi connectivity index (χ1n) is 9.00. The SMILES string of the molecule is Cn1cncc1C(=O)N(Cc1cc(=O)[nH]c2c(F)c(F)ccc12)c1cccc(Cl)c1F. The van der Waals surface area contributed by atoms with Crippen LogP contribution < -0.4 is 10.5 Å². The molecule has 0 aliphatic heterocycles. The van der Waals surface area contributed by atoms with Crippen molar-refractivity contribution in [3.8, 4) is 0 Å². The second-order valence-corrected chi connectivity index (χ2v) is 7.20. The highest BCUT2D eigenvalue weighted by Crippen LogP contribution is 2.30. The maximum Gasteiger partial charge on any atom is 0.276 e. The van der Waals surface area contributed by atoms with Gasteiger partial charge in [0.1, 0.15) is 5.69 Å². The van der Waals surface area contributed by atoms with Gasteiger partial charge >= 0.3 is 0 Å². The van der Waals surface area contributed by atoms with Crippen LogP contribution >= 0.6 is 11.6 Å². The number of rotatable bonds is 4. The number of amides is 1. The molecule has 0 saturated carbocycles. The average Bonchev–Trinajstić information content (AvgIpc) is 3.17. The molecular formula is C21H14ClF3N4O2. The zero-order valence-electron chi connectivity index (χ0n) is 16.0. The van der Waals surface area contributed by atoms with Gasteiger partial charge in [-0.25, -0.2) is 18.2 Å². The highest BCUT2D eigenvalue weighted by molar-refractivity contribution is 6.31. The molecule has 2 aromatic carbocycles. The number of aromatic amines is 1. The number of nitrogens with one attached hydrogen (secondary N) is 1. The van der Waals surface area contributed by atoms with Gasteiger partial charge in [0.15, 0.2) is 17.5 Å². The van der Waals surface area contributed by atoms with Crippen molar-refractivity contribution in [1.82, 2.24) is 14.5 Å². The third kappa shape index (κ3) is 3.68. The largest absolute Gasteiger partial charge is 0.330 e. The van der Waals surface area contributed by atoms with Crippen LogP contribution in [0.25, 0.3) is 10.9 Å². The lowest BCUT2D eigenvalue weighted by atomic mass is 10.1. The van der Waals surface area contributed by atoms with Crippen LogP contribution in [0.15, 0.2) is 53.7 Å². The number of aryl methyl sites for hydroxylation is 1. The van der Waals surface area contributed by atoms with Crippen molar-refractivity contribution in [3.05, 3.63) is 93.0 Å². The number of hydrogen-bond donors (Lipinski definition) is 1. The van der Waals surface area contributed by atoms with E-state index in [4.69, 9.17) is 11.6 Å². The Morgan fingerprint density at radius 3 is 2.68 bits per heavy atom. The Balaban J connectivity index is 1.91. The van der Waals surface area contributed by atoms with Gasteiger partial charge in [0.25, 0.3) is 5.91 Å². The van der Waals surface area contributed by atoms with Crippen molar-refractivity contribution in [2.45, 2.75) is 6.54 Å². The Labute approximate surface area is 178 Å². The topological polar surface area (TPSA) is 71.0 Å². The number of hydrogen-bond acceptors (Lipinski definition) is 3. The highest BCUT2D eigenvalue weighted by Gasteiger charge is 2.25. The predicted octanol–water partition coefficient (Wildman–Crippen LogP) is 4.18. The van der Waals surface area contributed by atoms with Gasteiger partial charge in [0, 0.05) is 18.5 Å². The van der Waals surface area contributed by atoms with Gasteiger partial charge in [-0.05, 0) is 29.8 Å². The number of halogens is 4. The van der Waals surface area contributed by atoms with Crippen molar-refractivity contribution in [1.29, 1.82) is 0 Å². The molecular weight excluding hydrogens is 433 g/mol. The third-order valence-electron chi connectivity index (χ3n) is 4.83. The van der Waals surface area contributed by atoms with Gasteiger partial charge < -0.3 is 9.55 Å². The van der Waals surface area contributed by atoms with Crippen LogP contribution in [0.4, 0.5) is 18.9 Å². The molecule has 158 valence electrons. The minimum atomic E-state index is -1.23. The van der Waals surface area contributed by atoms with Gasteiger partial charge in [-0.2, -0.15) is 0 Å². The van der Waals surface area contributed by atoms with Crippen LogP contribution in [0.2, 0.25) is 5.02 Å². The molecule has 0 unspecified atom stereocenters. The van der Waals surface area contributed by atoms with Gasteiger partial charge in [-0.1, -0.05) is 17.7 Å². The lowest BCUT2D eigenvalue weighted by molar-refractivity contribution is 0.0976. The molecule has 1 amide bonds. The summed E-state index contributed by atoms with van der Waals surface area (Å²) < 4.78 is 44.2. The maximum absolute atomic E-state index is 14.8. The van der Waals surface area contributed by atoms with Crippen molar-refractivity contribution in [2.75, 3.05) is 4.90 Å². The number of H-pyrrole nitrogens is 1. The Morgan fingerprint density at radius 2 is 1.97 bits per heavy atom. The Morgan fingerprint density at radius 1 is 1.19 bits per heavy atom. The van der Waals surface area contributed by atoms with Crippen LogP contribution in [0.3, 0.4) is 0 Å². The Bertz CT molecular complexity index is 1380. The summed E-state index contributed by atoms with van der Waals surface area (Å²) in [5.41, 5.74) is -0.860. The number of benzene rings is 2. The van der Waals surface area contributed by atoms with E-state index in [1.54, 1.807) is 7.05 Å². The van der Waals surface area contributed by atoms with Crippen molar-refractivity contribution >= 4 is 34.1 Å². The Hall–Kier alpha value is -3.59. The fraction of sp³-hybridized carbons (Fsp3) is 0.0952. The lowest BCUT2D eigenvalue weighted by Gasteiger charge is -2.24. The number of aromatic nitrogens is 3. The molecule has 4 aromatic rings. The van der Waals surface area contributed by atoms with E-state index in [2.05, 4.69) is 9.97 Å². The molecule has 2 aromatic heterocycles. The standard InChI is InChI=1S/C21H14ClF3N4O2/c1-28-10-26-8-16(28)21(31)29(15-4-2-3-13(22)18(15)24)9-11-7-17(30)27-20-12(11)5-6-14(23)19(20)25/h2-8,10H,9H2,1H3,(H,27,30).